The zero-order chi connectivity index (χ0) is 18.1. The van der Waals surface area contributed by atoms with Crippen molar-refractivity contribution < 1.29 is 0 Å². The molecule has 142 valence electrons. The van der Waals surface area contributed by atoms with Gasteiger partial charge in [-0.05, 0) is 42.5 Å². The van der Waals surface area contributed by atoms with Crippen molar-refractivity contribution in [3.8, 4) is 0 Å². The van der Waals surface area contributed by atoms with E-state index in [1.54, 1.807) is 7.05 Å². The molecule has 26 heavy (non-hydrogen) atoms. The second-order valence-corrected chi connectivity index (χ2v) is 6.78. The van der Waals surface area contributed by atoms with Crippen LogP contribution in [0.25, 0.3) is 0 Å². The lowest BCUT2D eigenvalue weighted by atomic mass is 10.00. The fraction of sp³-hybridized carbons (Fsp3) is 0.429. The lowest BCUT2D eigenvalue weighted by Gasteiger charge is -2.18. The molecule has 1 atom stereocenters. The van der Waals surface area contributed by atoms with Crippen molar-refractivity contribution in [3.05, 3.63) is 65.5 Å². The molecule has 0 fully saturated rings. The van der Waals surface area contributed by atoms with Crippen LogP contribution in [0.4, 0.5) is 0 Å². The molecule has 0 aliphatic heterocycles. The molecule has 0 bridgehead atoms. The normalized spacial score (nSPS) is 12.4. The highest BCUT2D eigenvalue weighted by atomic mass is 127. The summed E-state index contributed by atoms with van der Waals surface area (Å²) in [6.07, 6.45) is 3.83. The lowest BCUT2D eigenvalue weighted by molar-refractivity contribution is 0.645. The van der Waals surface area contributed by atoms with E-state index >= 15 is 0 Å². The Morgan fingerprint density at radius 1 is 1.08 bits per heavy atom. The molecule has 1 aromatic carbocycles. The Morgan fingerprint density at radius 3 is 2.38 bits per heavy atom. The molecule has 5 heteroatoms. The molecule has 0 spiro atoms. The van der Waals surface area contributed by atoms with Gasteiger partial charge in [-0.1, -0.05) is 44.2 Å². The lowest BCUT2D eigenvalue weighted by Crippen LogP contribution is -2.39. The van der Waals surface area contributed by atoms with Gasteiger partial charge >= 0.3 is 0 Å². The molecule has 2 rings (SSSR count). The summed E-state index contributed by atoms with van der Waals surface area (Å²) in [4.78, 5) is 8.65. The second kappa shape index (κ2) is 11.9. The van der Waals surface area contributed by atoms with Gasteiger partial charge in [-0.15, -0.1) is 24.0 Å². The Hall–Kier alpha value is -1.63. The first-order chi connectivity index (χ1) is 12.1. The maximum Gasteiger partial charge on any atom is 0.191 e. The van der Waals surface area contributed by atoms with Crippen LogP contribution in [0.2, 0.25) is 0 Å². The highest BCUT2D eigenvalue weighted by Gasteiger charge is 2.08. The third kappa shape index (κ3) is 7.72. The van der Waals surface area contributed by atoms with E-state index in [9.17, 15) is 0 Å². The summed E-state index contributed by atoms with van der Waals surface area (Å²) in [5, 5.41) is 6.80. The number of aliphatic imine (C=N–C) groups is 1. The molecule has 0 aliphatic rings. The van der Waals surface area contributed by atoms with Crippen molar-refractivity contribution in [2.24, 2.45) is 10.9 Å². The minimum absolute atomic E-state index is 0. The van der Waals surface area contributed by atoms with Gasteiger partial charge in [0.2, 0.25) is 0 Å². The van der Waals surface area contributed by atoms with E-state index in [0.29, 0.717) is 5.92 Å². The minimum Gasteiger partial charge on any atom is -0.356 e. The average Bonchev–Trinajstić information content (AvgIpc) is 2.61. The van der Waals surface area contributed by atoms with Gasteiger partial charge in [0.25, 0.3) is 0 Å². The summed E-state index contributed by atoms with van der Waals surface area (Å²) in [7, 11) is 1.80. The molecule has 0 radical (unpaired) electrons. The van der Waals surface area contributed by atoms with E-state index < -0.39 is 0 Å². The van der Waals surface area contributed by atoms with Crippen LogP contribution in [0.1, 0.15) is 43.6 Å². The number of halogens is 1. The van der Waals surface area contributed by atoms with Crippen LogP contribution in [0.5, 0.6) is 0 Å². The molecule has 4 nitrogen and oxygen atoms in total. The van der Waals surface area contributed by atoms with Gasteiger partial charge in [-0.3, -0.25) is 9.98 Å². The Morgan fingerprint density at radius 2 is 1.81 bits per heavy atom. The predicted molar refractivity (Wildman–Crippen MR) is 121 cm³/mol. The SMILES string of the molecule is CN=C(NCCc1ccccn1)NC(C)c1ccc(CC(C)C)cc1.I. The largest absolute Gasteiger partial charge is 0.356 e. The summed E-state index contributed by atoms with van der Waals surface area (Å²) in [6, 6.07) is 15.1. The minimum atomic E-state index is 0. The first-order valence-corrected chi connectivity index (χ1v) is 9.04. The van der Waals surface area contributed by atoms with Crippen molar-refractivity contribution in [2.75, 3.05) is 13.6 Å². The van der Waals surface area contributed by atoms with Crippen LogP contribution in [0, 0.1) is 5.92 Å². The number of nitrogens with zero attached hydrogens (tertiary/aromatic N) is 2. The zero-order valence-electron chi connectivity index (χ0n) is 16.2. The quantitative estimate of drug-likeness (QED) is 0.362. The van der Waals surface area contributed by atoms with E-state index in [1.165, 1.54) is 11.1 Å². The summed E-state index contributed by atoms with van der Waals surface area (Å²) in [5.74, 6) is 1.50. The van der Waals surface area contributed by atoms with Crippen molar-refractivity contribution in [2.45, 2.75) is 39.7 Å². The molecule has 1 heterocycles. The maximum atomic E-state index is 4.34. The van der Waals surface area contributed by atoms with Crippen LogP contribution in [-0.4, -0.2) is 24.5 Å². The Labute approximate surface area is 174 Å². The summed E-state index contributed by atoms with van der Waals surface area (Å²) in [5.41, 5.74) is 3.74. The van der Waals surface area contributed by atoms with Crippen molar-refractivity contribution in [1.29, 1.82) is 0 Å². The zero-order valence-corrected chi connectivity index (χ0v) is 18.5. The van der Waals surface area contributed by atoms with Crippen LogP contribution in [-0.2, 0) is 12.8 Å². The fourth-order valence-electron chi connectivity index (χ4n) is 2.75. The summed E-state index contributed by atoms with van der Waals surface area (Å²) in [6.45, 7) is 7.46. The number of benzene rings is 1. The first kappa shape index (κ1) is 22.4. The number of nitrogens with one attached hydrogen (secondary N) is 2. The van der Waals surface area contributed by atoms with Gasteiger partial charge < -0.3 is 10.6 Å². The molecule has 1 unspecified atom stereocenters. The molecule has 0 saturated carbocycles. The second-order valence-electron chi connectivity index (χ2n) is 6.78. The maximum absolute atomic E-state index is 4.34. The number of aromatic nitrogens is 1. The molecule has 0 amide bonds. The number of pyridine rings is 1. The molecule has 2 N–H and O–H groups in total. The average molecular weight is 466 g/mol. The molecule has 1 aromatic heterocycles. The predicted octanol–water partition coefficient (Wildman–Crippen LogP) is 4.37. The highest BCUT2D eigenvalue weighted by Crippen LogP contribution is 2.15. The van der Waals surface area contributed by atoms with Gasteiger partial charge in [0.15, 0.2) is 5.96 Å². The Bertz CT molecular complexity index is 653. The smallest absolute Gasteiger partial charge is 0.191 e. The third-order valence-electron chi connectivity index (χ3n) is 4.10. The molecular weight excluding hydrogens is 435 g/mol. The first-order valence-electron chi connectivity index (χ1n) is 9.04. The van der Waals surface area contributed by atoms with Gasteiger partial charge in [-0.25, -0.2) is 0 Å². The van der Waals surface area contributed by atoms with Crippen molar-refractivity contribution in [1.82, 2.24) is 15.6 Å². The van der Waals surface area contributed by atoms with Crippen molar-refractivity contribution in [3.63, 3.8) is 0 Å². The van der Waals surface area contributed by atoms with E-state index in [-0.39, 0.29) is 30.0 Å². The monoisotopic (exact) mass is 466 g/mol. The molecule has 0 saturated heterocycles. The van der Waals surface area contributed by atoms with Crippen LogP contribution >= 0.6 is 24.0 Å². The van der Waals surface area contributed by atoms with Gasteiger partial charge in [-0.2, -0.15) is 0 Å². The van der Waals surface area contributed by atoms with Crippen LogP contribution in [0.3, 0.4) is 0 Å². The number of hydrogen-bond donors (Lipinski definition) is 2. The van der Waals surface area contributed by atoms with Gasteiger partial charge in [0.05, 0.1) is 6.04 Å². The van der Waals surface area contributed by atoms with Crippen LogP contribution < -0.4 is 10.6 Å². The van der Waals surface area contributed by atoms with Crippen LogP contribution in [0.15, 0.2) is 53.7 Å². The molecule has 2 aromatic rings. The standard InChI is InChI=1S/C21H30N4.HI/c1-16(2)15-18-8-10-19(11-9-18)17(3)25-21(22-4)24-14-12-20-7-5-6-13-23-20;/h5-11,13,16-17H,12,14-15H2,1-4H3,(H2,22,24,25);1H. The number of guanidine groups is 1. The van der Waals surface area contributed by atoms with Crippen molar-refractivity contribution >= 4 is 29.9 Å². The summed E-state index contributed by atoms with van der Waals surface area (Å²) >= 11 is 0. The topological polar surface area (TPSA) is 49.3 Å². The summed E-state index contributed by atoms with van der Waals surface area (Å²) < 4.78 is 0. The Kier molecular flexibility index (Phi) is 10.2. The van der Waals surface area contributed by atoms with E-state index in [1.807, 2.05) is 24.4 Å². The molecule has 0 aliphatic carbocycles. The highest BCUT2D eigenvalue weighted by molar-refractivity contribution is 14.0. The van der Waals surface area contributed by atoms with E-state index in [4.69, 9.17) is 0 Å². The fourth-order valence-corrected chi connectivity index (χ4v) is 2.75. The number of rotatable bonds is 7. The number of hydrogen-bond acceptors (Lipinski definition) is 2. The van der Waals surface area contributed by atoms with E-state index in [2.05, 4.69) is 65.6 Å². The van der Waals surface area contributed by atoms with Gasteiger partial charge in [0, 0.05) is 31.9 Å². The third-order valence-corrected chi connectivity index (χ3v) is 4.10. The Balaban J connectivity index is 0.00000338. The van der Waals surface area contributed by atoms with E-state index in [0.717, 1.165) is 31.0 Å². The molecular formula is C21H31IN4. The van der Waals surface area contributed by atoms with Gasteiger partial charge in [0.1, 0.15) is 0 Å².